The van der Waals surface area contributed by atoms with E-state index in [0.29, 0.717) is 49.0 Å². The Balaban J connectivity index is 1.29. The summed E-state index contributed by atoms with van der Waals surface area (Å²) in [6.07, 6.45) is 1.60. The van der Waals surface area contributed by atoms with Crippen LogP contribution < -0.4 is 5.56 Å². The van der Waals surface area contributed by atoms with Crippen LogP contribution in [0.5, 0.6) is 0 Å². The molecule has 0 radical (unpaired) electrons. The summed E-state index contributed by atoms with van der Waals surface area (Å²) in [5, 5.41) is 8.73. The number of hydrogen-bond donors (Lipinski definition) is 1. The first kappa shape index (κ1) is 22.2. The number of benzene rings is 2. The molecule has 4 aromatic rings. The highest BCUT2D eigenvalue weighted by atomic mass is 35.5. The van der Waals surface area contributed by atoms with Gasteiger partial charge in [0.15, 0.2) is 11.2 Å². The second-order valence-electron chi connectivity index (χ2n) is 8.46. The Kier molecular flexibility index (Phi) is 6.10. The van der Waals surface area contributed by atoms with Gasteiger partial charge in [-0.3, -0.25) is 9.59 Å². The van der Waals surface area contributed by atoms with Gasteiger partial charge >= 0.3 is 0 Å². The standard InChI is InChI=1S/C24H22ClFN6O2/c25-18-3-1-2-16(12-18)14-32-23-21(29-30-32)24(34)28-22(27-23)17-8-10-31(11-9-17)20(33)13-15-4-6-19(26)7-5-15/h1-7,12,17H,8-11,13-14H2,(H,27,28,34). The van der Waals surface area contributed by atoms with E-state index in [0.717, 1.165) is 11.1 Å². The third-order valence-electron chi connectivity index (χ3n) is 6.12. The van der Waals surface area contributed by atoms with Crippen molar-refractivity contribution in [1.29, 1.82) is 0 Å². The molecule has 2 aromatic heterocycles. The fourth-order valence-electron chi connectivity index (χ4n) is 4.28. The molecule has 34 heavy (non-hydrogen) atoms. The van der Waals surface area contributed by atoms with Crippen molar-refractivity contribution < 1.29 is 9.18 Å². The van der Waals surface area contributed by atoms with E-state index in [2.05, 4.69) is 15.3 Å². The fourth-order valence-corrected chi connectivity index (χ4v) is 4.50. The molecule has 1 aliphatic rings. The lowest BCUT2D eigenvalue weighted by Crippen LogP contribution is -2.39. The molecule has 1 N–H and O–H groups in total. The number of piperidine rings is 1. The predicted octanol–water partition coefficient (Wildman–Crippen LogP) is 3.30. The lowest BCUT2D eigenvalue weighted by atomic mass is 9.95. The zero-order chi connectivity index (χ0) is 23.7. The van der Waals surface area contributed by atoms with Crippen LogP contribution in [0.1, 0.15) is 35.7 Å². The third kappa shape index (κ3) is 4.70. The first-order chi connectivity index (χ1) is 16.5. The summed E-state index contributed by atoms with van der Waals surface area (Å²) in [6, 6.07) is 13.4. The van der Waals surface area contributed by atoms with Crippen molar-refractivity contribution >= 4 is 28.7 Å². The fraction of sp³-hybridized carbons (Fsp3) is 0.292. The van der Waals surface area contributed by atoms with Gasteiger partial charge in [0.2, 0.25) is 5.91 Å². The molecule has 8 nitrogen and oxygen atoms in total. The van der Waals surface area contributed by atoms with Gasteiger partial charge in [-0.2, -0.15) is 0 Å². The molecule has 0 atom stereocenters. The summed E-state index contributed by atoms with van der Waals surface area (Å²) in [4.78, 5) is 34.7. The molecule has 0 saturated carbocycles. The van der Waals surface area contributed by atoms with Gasteiger partial charge in [-0.1, -0.05) is 41.1 Å². The Bertz CT molecular complexity index is 1390. The molecule has 1 amide bonds. The number of aromatic nitrogens is 5. The van der Waals surface area contributed by atoms with E-state index in [1.54, 1.807) is 27.8 Å². The lowest BCUT2D eigenvalue weighted by Gasteiger charge is -2.31. The Morgan fingerprint density at radius 1 is 1.12 bits per heavy atom. The van der Waals surface area contributed by atoms with E-state index in [1.807, 2.05) is 18.2 Å². The number of nitrogens with one attached hydrogen (secondary N) is 1. The average molecular weight is 481 g/mol. The first-order valence-electron chi connectivity index (χ1n) is 11.1. The molecule has 0 bridgehead atoms. The Morgan fingerprint density at radius 3 is 2.62 bits per heavy atom. The van der Waals surface area contributed by atoms with Crippen LogP contribution in [0, 0.1) is 5.82 Å². The van der Waals surface area contributed by atoms with Gasteiger partial charge in [-0.25, -0.2) is 14.1 Å². The summed E-state index contributed by atoms with van der Waals surface area (Å²) >= 11 is 6.08. The number of carbonyl (C=O) groups excluding carboxylic acids is 1. The van der Waals surface area contributed by atoms with Crippen molar-refractivity contribution in [1.82, 2.24) is 29.9 Å². The van der Waals surface area contributed by atoms with E-state index in [-0.39, 0.29) is 35.1 Å². The summed E-state index contributed by atoms with van der Waals surface area (Å²) in [6.45, 7) is 1.52. The summed E-state index contributed by atoms with van der Waals surface area (Å²) in [5.41, 5.74) is 2.00. The number of rotatable bonds is 5. The molecule has 0 spiro atoms. The van der Waals surface area contributed by atoms with Crippen LogP contribution in [-0.2, 0) is 17.8 Å². The predicted molar refractivity (Wildman–Crippen MR) is 125 cm³/mol. The molecular weight excluding hydrogens is 459 g/mol. The minimum Gasteiger partial charge on any atom is -0.342 e. The molecule has 0 unspecified atom stereocenters. The number of amides is 1. The number of halogens is 2. The van der Waals surface area contributed by atoms with Crippen LogP contribution >= 0.6 is 11.6 Å². The van der Waals surface area contributed by atoms with Crippen LogP contribution in [0.25, 0.3) is 11.2 Å². The summed E-state index contributed by atoms with van der Waals surface area (Å²) in [7, 11) is 0. The average Bonchev–Trinajstić information content (AvgIpc) is 3.24. The van der Waals surface area contributed by atoms with Crippen LogP contribution in [-0.4, -0.2) is 48.9 Å². The third-order valence-corrected chi connectivity index (χ3v) is 6.35. The monoisotopic (exact) mass is 480 g/mol. The Hall–Kier alpha value is -3.59. The number of H-pyrrole nitrogens is 1. The maximum Gasteiger partial charge on any atom is 0.281 e. The maximum absolute atomic E-state index is 13.1. The SMILES string of the molecule is O=C(Cc1ccc(F)cc1)N1CCC(c2nc3c(nnn3Cc3cccc(Cl)c3)c(=O)[nH]2)CC1. The van der Waals surface area contributed by atoms with Crippen molar-refractivity contribution in [3.63, 3.8) is 0 Å². The zero-order valence-electron chi connectivity index (χ0n) is 18.2. The molecular formula is C24H22ClFN6O2. The van der Waals surface area contributed by atoms with Crippen molar-refractivity contribution in [3.8, 4) is 0 Å². The van der Waals surface area contributed by atoms with Crippen LogP contribution in [0.3, 0.4) is 0 Å². The molecule has 1 aliphatic heterocycles. The lowest BCUT2D eigenvalue weighted by molar-refractivity contribution is -0.131. The Morgan fingerprint density at radius 2 is 1.88 bits per heavy atom. The molecule has 174 valence electrons. The van der Waals surface area contributed by atoms with Crippen molar-refractivity contribution in [2.75, 3.05) is 13.1 Å². The van der Waals surface area contributed by atoms with E-state index in [4.69, 9.17) is 16.6 Å². The highest BCUT2D eigenvalue weighted by Gasteiger charge is 2.26. The second kappa shape index (κ2) is 9.34. The van der Waals surface area contributed by atoms with Crippen molar-refractivity contribution in [3.05, 3.63) is 86.7 Å². The number of nitrogens with zero attached hydrogens (tertiary/aromatic N) is 5. The second-order valence-corrected chi connectivity index (χ2v) is 8.90. The number of carbonyl (C=O) groups is 1. The molecule has 10 heteroatoms. The van der Waals surface area contributed by atoms with Gasteiger partial charge in [0, 0.05) is 24.0 Å². The summed E-state index contributed by atoms with van der Waals surface area (Å²) < 4.78 is 14.7. The van der Waals surface area contributed by atoms with Crippen molar-refractivity contribution in [2.24, 2.45) is 0 Å². The van der Waals surface area contributed by atoms with Crippen molar-refractivity contribution in [2.45, 2.75) is 31.7 Å². The minimum atomic E-state index is -0.327. The topological polar surface area (TPSA) is 96.8 Å². The molecule has 0 aliphatic carbocycles. The molecule has 1 fully saturated rings. The molecule has 5 rings (SSSR count). The van der Waals surface area contributed by atoms with Gasteiger partial charge in [0.05, 0.1) is 13.0 Å². The van der Waals surface area contributed by atoms with Crippen LogP contribution in [0.4, 0.5) is 4.39 Å². The highest BCUT2D eigenvalue weighted by molar-refractivity contribution is 6.30. The number of fused-ring (bicyclic) bond motifs is 1. The Labute approximate surface area is 199 Å². The van der Waals surface area contributed by atoms with Gasteiger partial charge < -0.3 is 9.88 Å². The normalized spacial score (nSPS) is 14.6. The van der Waals surface area contributed by atoms with Crippen LogP contribution in [0.15, 0.2) is 53.3 Å². The number of aromatic amines is 1. The largest absolute Gasteiger partial charge is 0.342 e. The highest BCUT2D eigenvalue weighted by Crippen LogP contribution is 2.26. The minimum absolute atomic E-state index is 0.00533. The van der Waals surface area contributed by atoms with E-state index in [9.17, 15) is 14.0 Å². The molecule has 1 saturated heterocycles. The first-order valence-corrected chi connectivity index (χ1v) is 11.4. The van der Waals surface area contributed by atoms with Gasteiger partial charge in [-0.15, -0.1) is 5.10 Å². The van der Waals surface area contributed by atoms with Gasteiger partial charge in [0.1, 0.15) is 11.6 Å². The van der Waals surface area contributed by atoms with Gasteiger partial charge in [0.25, 0.3) is 5.56 Å². The van der Waals surface area contributed by atoms with Gasteiger partial charge in [-0.05, 0) is 48.2 Å². The number of hydrogen-bond acceptors (Lipinski definition) is 5. The smallest absolute Gasteiger partial charge is 0.281 e. The molecule has 2 aromatic carbocycles. The van der Waals surface area contributed by atoms with E-state index >= 15 is 0 Å². The quantitative estimate of drug-likeness (QED) is 0.472. The summed E-state index contributed by atoms with van der Waals surface area (Å²) in [5.74, 6) is 0.282. The van der Waals surface area contributed by atoms with E-state index in [1.165, 1.54) is 12.1 Å². The maximum atomic E-state index is 13.1. The molecule has 3 heterocycles. The van der Waals surface area contributed by atoms with Crippen LogP contribution in [0.2, 0.25) is 5.02 Å². The zero-order valence-corrected chi connectivity index (χ0v) is 19.0. The number of likely N-dealkylation sites (tertiary alicyclic amines) is 1. The van der Waals surface area contributed by atoms with E-state index < -0.39 is 0 Å².